The zero-order valence-corrected chi connectivity index (χ0v) is 20.9. The first-order valence-corrected chi connectivity index (χ1v) is 13.2. The van der Waals surface area contributed by atoms with E-state index in [2.05, 4.69) is 146 Å². The Balaban J connectivity index is 1.64. The van der Waals surface area contributed by atoms with Gasteiger partial charge >= 0.3 is 0 Å². The molecule has 0 fully saturated rings. The Bertz CT molecular complexity index is 2010. The van der Waals surface area contributed by atoms with E-state index in [4.69, 9.17) is 0 Å². The highest BCUT2D eigenvalue weighted by Crippen LogP contribution is 2.46. The van der Waals surface area contributed by atoms with Crippen LogP contribution in [0.2, 0.25) is 0 Å². The second-order valence-electron chi connectivity index (χ2n) is 10.1. The molecule has 8 rings (SSSR count). The van der Waals surface area contributed by atoms with Crippen molar-refractivity contribution in [3.05, 3.63) is 146 Å². The molecule has 0 aliphatic rings. The Morgan fingerprint density at radius 2 is 0.579 bits per heavy atom. The number of hydrogen-bond donors (Lipinski definition) is 0. The van der Waals surface area contributed by atoms with Crippen molar-refractivity contribution >= 4 is 53.9 Å². The molecule has 8 aromatic rings. The summed E-state index contributed by atoms with van der Waals surface area (Å²) in [5.41, 5.74) is 5.18. The van der Waals surface area contributed by atoms with Crippen molar-refractivity contribution < 1.29 is 0 Å². The van der Waals surface area contributed by atoms with E-state index in [1.54, 1.807) is 0 Å². The Kier molecular flexibility index (Phi) is 4.62. The Morgan fingerprint density at radius 1 is 0.237 bits per heavy atom. The van der Waals surface area contributed by atoms with Gasteiger partial charge in [0, 0.05) is 0 Å². The summed E-state index contributed by atoms with van der Waals surface area (Å²) >= 11 is 0. The lowest BCUT2D eigenvalue weighted by Crippen LogP contribution is -1.92. The van der Waals surface area contributed by atoms with E-state index in [0.717, 1.165) is 0 Å². The fourth-order valence-corrected chi connectivity index (χ4v) is 6.34. The van der Waals surface area contributed by atoms with Gasteiger partial charge in [-0.1, -0.05) is 133 Å². The molecule has 8 aromatic carbocycles. The molecule has 0 atom stereocenters. The lowest BCUT2D eigenvalue weighted by atomic mass is 9.84. The van der Waals surface area contributed by atoms with Crippen LogP contribution in [0.1, 0.15) is 0 Å². The van der Waals surface area contributed by atoms with Gasteiger partial charge in [0.25, 0.3) is 0 Å². The smallest absolute Gasteiger partial charge is 0.00201 e. The van der Waals surface area contributed by atoms with Gasteiger partial charge in [0.05, 0.1) is 0 Å². The van der Waals surface area contributed by atoms with Crippen LogP contribution in [0.5, 0.6) is 0 Å². The maximum absolute atomic E-state index is 2.41. The van der Waals surface area contributed by atoms with Crippen LogP contribution in [0.25, 0.3) is 76.1 Å². The number of benzene rings is 8. The van der Waals surface area contributed by atoms with Crippen molar-refractivity contribution in [1.82, 2.24) is 0 Å². The fraction of sp³-hybridized carbons (Fsp3) is 0. The minimum absolute atomic E-state index is 1.26. The maximum Gasteiger partial charge on any atom is -0.00201 e. The minimum atomic E-state index is 1.26. The Labute approximate surface area is 221 Å². The van der Waals surface area contributed by atoms with E-state index in [0.29, 0.717) is 0 Å². The average Bonchev–Trinajstić information content (AvgIpc) is 2.98. The quantitative estimate of drug-likeness (QED) is 0.216. The van der Waals surface area contributed by atoms with Crippen LogP contribution in [0.4, 0.5) is 0 Å². The lowest BCUT2D eigenvalue weighted by Gasteiger charge is -2.19. The van der Waals surface area contributed by atoms with E-state index >= 15 is 0 Å². The van der Waals surface area contributed by atoms with Gasteiger partial charge in [0.2, 0.25) is 0 Å². The molecule has 0 bridgehead atoms. The number of fused-ring (bicyclic) bond motifs is 5. The number of hydrogen-bond acceptors (Lipinski definition) is 0. The normalized spacial score (nSPS) is 11.7. The van der Waals surface area contributed by atoms with Crippen molar-refractivity contribution in [2.24, 2.45) is 0 Å². The molecule has 0 heterocycles. The molecule has 0 unspecified atom stereocenters. The van der Waals surface area contributed by atoms with Crippen molar-refractivity contribution in [2.45, 2.75) is 0 Å². The first-order chi connectivity index (χ1) is 18.9. The summed E-state index contributed by atoms with van der Waals surface area (Å²) in [4.78, 5) is 0. The molecule has 0 aromatic heterocycles. The molecule has 0 aliphatic heterocycles. The van der Waals surface area contributed by atoms with Crippen molar-refractivity contribution in [2.75, 3.05) is 0 Å². The maximum atomic E-state index is 2.41. The van der Waals surface area contributed by atoms with Gasteiger partial charge in [0.1, 0.15) is 0 Å². The Hall–Kier alpha value is -4.94. The van der Waals surface area contributed by atoms with Crippen LogP contribution in [-0.2, 0) is 0 Å². The van der Waals surface area contributed by atoms with Crippen LogP contribution in [0.15, 0.2) is 146 Å². The van der Waals surface area contributed by atoms with Crippen LogP contribution in [-0.4, -0.2) is 0 Å². The third-order valence-electron chi connectivity index (χ3n) is 8.01. The zero-order valence-electron chi connectivity index (χ0n) is 20.9. The van der Waals surface area contributed by atoms with Crippen LogP contribution in [0, 0.1) is 0 Å². The molecule has 38 heavy (non-hydrogen) atoms. The third kappa shape index (κ3) is 3.11. The van der Waals surface area contributed by atoms with Crippen LogP contribution >= 0.6 is 0 Å². The molecular weight excluding hydrogens is 456 g/mol. The van der Waals surface area contributed by atoms with Gasteiger partial charge < -0.3 is 0 Å². The lowest BCUT2D eigenvalue weighted by molar-refractivity contribution is 1.69. The summed E-state index contributed by atoms with van der Waals surface area (Å²) in [5, 5.41) is 12.8. The standard InChI is InChI=1S/C38H24/c1-5-17-29-25(11-1)15-9-21-33(29)37-31-19-7-3-13-27(31)24-36-35(37)23-28-14-4-8-20-32(28)38(36)34-22-10-16-26-12-2-6-18-30(26)34/h1-24H. The van der Waals surface area contributed by atoms with E-state index in [-0.39, 0.29) is 0 Å². The first kappa shape index (κ1) is 21.2. The highest BCUT2D eigenvalue weighted by Gasteiger charge is 2.18. The van der Waals surface area contributed by atoms with Crippen molar-refractivity contribution in [3.63, 3.8) is 0 Å². The predicted octanol–water partition coefficient (Wildman–Crippen LogP) is 10.8. The minimum Gasteiger partial charge on any atom is -0.0616 e. The van der Waals surface area contributed by atoms with Crippen LogP contribution in [0.3, 0.4) is 0 Å². The molecule has 0 N–H and O–H groups in total. The van der Waals surface area contributed by atoms with E-state index < -0.39 is 0 Å². The molecule has 0 radical (unpaired) electrons. The number of rotatable bonds is 2. The van der Waals surface area contributed by atoms with E-state index in [9.17, 15) is 0 Å². The van der Waals surface area contributed by atoms with Crippen molar-refractivity contribution in [3.8, 4) is 22.3 Å². The molecule has 0 spiro atoms. The van der Waals surface area contributed by atoms with Gasteiger partial charge in [-0.3, -0.25) is 0 Å². The van der Waals surface area contributed by atoms with Gasteiger partial charge in [-0.2, -0.15) is 0 Å². The van der Waals surface area contributed by atoms with Crippen LogP contribution < -0.4 is 0 Å². The molecule has 0 saturated heterocycles. The highest BCUT2D eigenvalue weighted by atomic mass is 14.2. The molecular formula is C38H24. The molecule has 176 valence electrons. The predicted molar refractivity (Wildman–Crippen MR) is 165 cm³/mol. The SMILES string of the molecule is c1ccc2c(-c3c4ccccc4cc4c(-c5cccc6ccccc56)c5ccccc5cc34)cccc2c1. The van der Waals surface area contributed by atoms with Crippen molar-refractivity contribution in [1.29, 1.82) is 0 Å². The van der Waals surface area contributed by atoms with E-state index in [1.807, 2.05) is 0 Å². The summed E-state index contributed by atoms with van der Waals surface area (Å²) in [7, 11) is 0. The highest BCUT2D eigenvalue weighted by molar-refractivity contribution is 6.25. The summed E-state index contributed by atoms with van der Waals surface area (Å²) in [6.07, 6.45) is 0. The first-order valence-electron chi connectivity index (χ1n) is 13.2. The summed E-state index contributed by atoms with van der Waals surface area (Å²) in [5.74, 6) is 0. The monoisotopic (exact) mass is 480 g/mol. The summed E-state index contributed by atoms with van der Waals surface area (Å²) in [6, 6.07) is 53.4. The largest absolute Gasteiger partial charge is 0.0616 e. The molecule has 0 heteroatoms. The Morgan fingerprint density at radius 3 is 1.03 bits per heavy atom. The second-order valence-corrected chi connectivity index (χ2v) is 10.1. The average molecular weight is 481 g/mol. The molecule has 0 saturated carbocycles. The van der Waals surface area contributed by atoms with Gasteiger partial charge in [-0.25, -0.2) is 0 Å². The van der Waals surface area contributed by atoms with Gasteiger partial charge in [0.15, 0.2) is 0 Å². The van der Waals surface area contributed by atoms with E-state index in [1.165, 1.54) is 76.1 Å². The van der Waals surface area contributed by atoms with Gasteiger partial charge in [-0.05, 0) is 88.2 Å². The topological polar surface area (TPSA) is 0 Å². The third-order valence-corrected chi connectivity index (χ3v) is 8.01. The summed E-state index contributed by atoms with van der Waals surface area (Å²) < 4.78 is 0. The second kappa shape index (κ2) is 8.30. The fourth-order valence-electron chi connectivity index (χ4n) is 6.34. The molecule has 0 nitrogen and oxygen atoms in total. The molecule has 0 aliphatic carbocycles. The zero-order chi connectivity index (χ0) is 25.1. The summed E-state index contributed by atoms with van der Waals surface area (Å²) in [6.45, 7) is 0. The van der Waals surface area contributed by atoms with Gasteiger partial charge in [-0.15, -0.1) is 0 Å². The molecule has 0 amide bonds.